The minimum atomic E-state index is -0.131. The fourth-order valence-electron chi connectivity index (χ4n) is 2.57. The number of nitrogens with one attached hydrogen (secondary N) is 1. The Hall–Kier alpha value is -3.48. The van der Waals surface area contributed by atoms with Gasteiger partial charge in [-0.2, -0.15) is 5.10 Å². The topological polar surface area (TPSA) is 80.1 Å². The summed E-state index contributed by atoms with van der Waals surface area (Å²) >= 11 is 0. The number of benzene rings is 2. The number of nitrogens with zero attached hydrogens (tertiary/aromatic N) is 4. The molecule has 0 aliphatic carbocycles. The molecule has 3 aromatic rings. The number of rotatable bonds is 5. The highest BCUT2D eigenvalue weighted by molar-refractivity contribution is 5.94. The van der Waals surface area contributed by atoms with Crippen LogP contribution in [0.2, 0.25) is 0 Å². The Bertz CT molecular complexity index is 887. The SMILES string of the molecule is CNC(=O)c1ccc(CN(C)C(=O)c2ccc(-n3cncn3)cc2)cc1. The summed E-state index contributed by atoms with van der Waals surface area (Å²) in [7, 11) is 3.34. The van der Waals surface area contributed by atoms with Crippen LogP contribution in [-0.2, 0) is 6.54 Å². The third-order valence-corrected chi connectivity index (χ3v) is 4.01. The van der Waals surface area contributed by atoms with E-state index >= 15 is 0 Å². The van der Waals surface area contributed by atoms with Crippen molar-refractivity contribution in [1.29, 1.82) is 0 Å². The van der Waals surface area contributed by atoms with E-state index in [1.165, 1.54) is 6.33 Å². The van der Waals surface area contributed by atoms with Crippen molar-refractivity contribution in [3.05, 3.63) is 77.9 Å². The van der Waals surface area contributed by atoms with E-state index in [0.29, 0.717) is 17.7 Å². The summed E-state index contributed by atoms with van der Waals surface area (Å²) < 4.78 is 1.63. The predicted molar refractivity (Wildman–Crippen MR) is 97.0 cm³/mol. The summed E-state index contributed by atoms with van der Waals surface area (Å²) in [5, 5.41) is 6.64. The Labute approximate surface area is 151 Å². The lowest BCUT2D eigenvalue weighted by molar-refractivity contribution is 0.0784. The highest BCUT2D eigenvalue weighted by Crippen LogP contribution is 2.12. The van der Waals surface area contributed by atoms with E-state index in [1.807, 2.05) is 24.3 Å². The van der Waals surface area contributed by atoms with Gasteiger partial charge in [0.25, 0.3) is 11.8 Å². The van der Waals surface area contributed by atoms with Gasteiger partial charge in [-0.3, -0.25) is 9.59 Å². The molecule has 1 heterocycles. The second-order valence-corrected chi connectivity index (χ2v) is 5.82. The molecule has 1 N–H and O–H groups in total. The molecule has 0 unspecified atom stereocenters. The molecule has 0 atom stereocenters. The highest BCUT2D eigenvalue weighted by atomic mass is 16.2. The highest BCUT2D eigenvalue weighted by Gasteiger charge is 2.13. The molecule has 3 rings (SSSR count). The number of amides is 2. The maximum atomic E-state index is 12.6. The largest absolute Gasteiger partial charge is 0.355 e. The Balaban J connectivity index is 1.66. The van der Waals surface area contributed by atoms with Crippen LogP contribution in [0.1, 0.15) is 26.3 Å². The molecule has 0 bridgehead atoms. The van der Waals surface area contributed by atoms with Crippen molar-refractivity contribution in [2.45, 2.75) is 6.54 Å². The molecule has 26 heavy (non-hydrogen) atoms. The minimum Gasteiger partial charge on any atom is -0.355 e. The summed E-state index contributed by atoms with van der Waals surface area (Å²) in [5.41, 5.74) is 2.98. The molecule has 0 radical (unpaired) electrons. The van der Waals surface area contributed by atoms with Gasteiger partial charge in [-0.1, -0.05) is 12.1 Å². The Morgan fingerprint density at radius 2 is 1.69 bits per heavy atom. The van der Waals surface area contributed by atoms with E-state index in [-0.39, 0.29) is 11.8 Å². The van der Waals surface area contributed by atoms with Crippen LogP contribution in [-0.4, -0.2) is 45.6 Å². The van der Waals surface area contributed by atoms with Crippen LogP contribution in [0.15, 0.2) is 61.2 Å². The summed E-state index contributed by atoms with van der Waals surface area (Å²) in [6.45, 7) is 0.456. The lowest BCUT2D eigenvalue weighted by atomic mass is 10.1. The molecule has 132 valence electrons. The zero-order valence-corrected chi connectivity index (χ0v) is 14.6. The number of carbonyl (C=O) groups is 2. The first kappa shape index (κ1) is 17.3. The van der Waals surface area contributed by atoms with Gasteiger partial charge in [0.2, 0.25) is 0 Å². The molecular weight excluding hydrogens is 330 g/mol. The number of aromatic nitrogens is 3. The molecule has 0 aliphatic heterocycles. The van der Waals surface area contributed by atoms with Gasteiger partial charge in [0.05, 0.1) is 5.69 Å². The van der Waals surface area contributed by atoms with Crippen LogP contribution in [0, 0.1) is 0 Å². The molecule has 7 nitrogen and oxygen atoms in total. The van der Waals surface area contributed by atoms with Gasteiger partial charge in [-0.15, -0.1) is 0 Å². The van der Waals surface area contributed by atoms with E-state index in [2.05, 4.69) is 15.4 Å². The van der Waals surface area contributed by atoms with Gasteiger partial charge in [0.1, 0.15) is 12.7 Å². The lowest BCUT2D eigenvalue weighted by Gasteiger charge is -2.17. The molecule has 0 fully saturated rings. The average molecular weight is 349 g/mol. The molecular formula is C19H19N5O2. The van der Waals surface area contributed by atoms with Crippen LogP contribution in [0.4, 0.5) is 0 Å². The van der Waals surface area contributed by atoms with Crippen LogP contribution >= 0.6 is 0 Å². The van der Waals surface area contributed by atoms with Crippen molar-refractivity contribution in [1.82, 2.24) is 25.0 Å². The first-order chi connectivity index (χ1) is 12.6. The quantitative estimate of drug-likeness (QED) is 0.763. The Morgan fingerprint density at radius 1 is 1.04 bits per heavy atom. The molecule has 0 saturated carbocycles. The van der Waals surface area contributed by atoms with E-state index < -0.39 is 0 Å². The zero-order valence-electron chi connectivity index (χ0n) is 14.6. The molecule has 1 aromatic heterocycles. The fourth-order valence-corrected chi connectivity index (χ4v) is 2.57. The van der Waals surface area contributed by atoms with Crippen LogP contribution in [0.5, 0.6) is 0 Å². The normalized spacial score (nSPS) is 10.4. The van der Waals surface area contributed by atoms with Gasteiger partial charge in [-0.05, 0) is 42.0 Å². The summed E-state index contributed by atoms with van der Waals surface area (Å²) in [4.78, 5) is 29.7. The molecule has 0 aliphatic rings. The van der Waals surface area contributed by atoms with E-state index in [0.717, 1.165) is 11.3 Å². The average Bonchev–Trinajstić information content (AvgIpc) is 3.22. The van der Waals surface area contributed by atoms with E-state index in [9.17, 15) is 9.59 Å². The third kappa shape index (κ3) is 3.77. The number of hydrogen-bond acceptors (Lipinski definition) is 4. The number of hydrogen-bond donors (Lipinski definition) is 1. The smallest absolute Gasteiger partial charge is 0.253 e. The monoisotopic (exact) mass is 349 g/mol. The first-order valence-electron chi connectivity index (χ1n) is 8.10. The Kier molecular flexibility index (Phi) is 5.07. The van der Waals surface area contributed by atoms with Gasteiger partial charge >= 0.3 is 0 Å². The summed E-state index contributed by atoms with van der Waals surface area (Å²) in [6.07, 6.45) is 3.06. The van der Waals surface area contributed by atoms with Crippen molar-refractivity contribution >= 4 is 11.8 Å². The summed E-state index contributed by atoms with van der Waals surface area (Å²) in [6, 6.07) is 14.4. The van der Waals surface area contributed by atoms with Crippen molar-refractivity contribution in [3.8, 4) is 5.69 Å². The van der Waals surface area contributed by atoms with Gasteiger partial charge in [0, 0.05) is 31.8 Å². The molecule has 0 spiro atoms. The fraction of sp³-hybridized carbons (Fsp3) is 0.158. The van der Waals surface area contributed by atoms with Crippen molar-refractivity contribution in [2.24, 2.45) is 0 Å². The molecule has 0 saturated heterocycles. The van der Waals surface area contributed by atoms with Crippen molar-refractivity contribution in [3.63, 3.8) is 0 Å². The predicted octanol–water partition coefficient (Wildman–Crippen LogP) is 1.90. The van der Waals surface area contributed by atoms with Gasteiger partial charge < -0.3 is 10.2 Å². The van der Waals surface area contributed by atoms with Crippen molar-refractivity contribution < 1.29 is 9.59 Å². The molecule has 7 heteroatoms. The van der Waals surface area contributed by atoms with Crippen molar-refractivity contribution in [2.75, 3.05) is 14.1 Å². The van der Waals surface area contributed by atoms with Gasteiger partial charge in [-0.25, -0.2) is 9.67 Å². The maximum absolute atomic E-state index is 12.6. The molecule has 2 aromatic carbocycles. The first-order valence-corrected chi connectivity index (χ1v) is 8.10. The minimum absolute atomic E-state index is 0.0782. The van der Waals surface area contributed by atoms with Crippen LogP contribution in [0.25, 0.3) is 5.69 Å². The Morgan fingerprint density at radius 3 is 2.27 bits per heavy atom. The summed E-state index contributed by atoms with van der Waals surface area (Å²) in [5.74, 6) is -0.209. The van der Waals surface area contributed by atoms with Gasteiger partial charge in [0.15, 0.2) is 0 Å². The maximum Gasteiger partial charge on any atom is 0.253 e. The van der Waals surface area contributed by atoms with E-state index in [1.54, 1.807) is 54.3 Å². The molecule has 2 amide bonds. The van der Waals surface area contributed by atoms with E-state index in [4.69, 9.17) is 0 Å². The van der Waals surface area contributed by atoms with Crippen LogP contribution in [0.3, 0.4) is 0 Å². The second kappa shape index (κ2) is 7.60. The zero-order chi connectivity index (χ0) is 18.5. The second-order valence-electron chi connectivity index (χ2n) is 5.82. The lowest BCUT2D eigenvalue weighted by Crippen LogP contribution is -2.26. The number of carbonyl (C=O) groups excluding carboxylic acids is 2. The standard InChI is InChI=1S/C19H19N5O2/c1-20-18(25)15-5-3-14(4-6-15)11-23(2)19(26)16-7-9-17(10-8-16)24-13-21-12-22-24/h3-10,12-13H,11H2,1-2H3,(H,20,25). The van der Waals surface area contributed by atoms with Crippen LogP contribution < -0.4 is 5.32 Å². The third-order valence-electron chi connectivity index (χ3n) is 4.01.